The lowest BCUT2D eigenvalue weighted by atomic mass is 10.1. The molecule has 0 amide bonds. The number of nitrogens with zero attached hydrogens (tertiary/aromatic N) is 1. The predicted molar refractivity (Wildman–Crippen MR) is 61.8 cm³/mol. The Hall–Kier alpha value is -0.170. The minimum Gasteiger partial charge on any atom is -0.377 e. The molecule has 0 bridgehead atoms. The molecule has 2 fully saturated rings. The van der Waals surface area contributed by atoms with Crippen LogP contribution in [0, 0.1) is 0 Å². The first-order valence-electron chi connectivity index (χ1n) is 5.92. The Morgan fingerprint density at radius 1 is 1.50 bits per heavy atom. The number of sulfonamides is 1. The van der Waals surface area contributed by atoms with Crippen molar-refractivity contribution in [3.8, 4) is 0 Å². The summed E-state index contributed by atoms with van der Waals surface area (Å²) in [4.78, 5) is 0. The molecule has 6 heteroatoms. The molecule has 0 aromatic heterocycles. The molecule has 2 rings (SSSR count). The summed E-state index contributed by atoms with van der Waals surface area (Å²) in [5.41, 5.74) is 0. The summed E-state index contributed by atoms with van der Waals surface area (Å²) in [5.74, 6) is 0.315. The molecular formula is C10H20N2O3S. The van der Waals surface area contributed by atoms with Crippen LogP contribution in [0.15, 0.2) is 0 Å². The van der Waals surface area contributed by atoms with Gasteiger partial charge in [0.1, 0.15) is 0 Å². The summed E-state index contributed by atoms with van der Waals surface area (Å²) >= 11 is 0. The second-order valence-corrected chi connectivity index (χ2v) is 6.58. The maximum atomic E-state index is 11.5. The van der Waals surface area contributed by atoms with E-state index in [0.29, 0.717) is 24.9 Å². The van der Waals surface area contributed by atoms with E-state index in [2.05, 4.69) is 12.2 Å². The summed E-state index contributed by atoms with van der Waals surface area (Å²) in [5, 5.41) is 3.36. The lowest BCUT2D eigenvalue weighted by Gasteiger charge is -2.19. The van der Waals surface area contributed by atoms with Gasteiger partial charge >= 0.3 is 0 Å². The maximum absolute atomic E-state index is 11.5. The molecule has 2 aliphatic rings. The van der Waals surface area contributed by atoms with Gasteiger partial charge < -0.3 is 10.1 Å². The van der Waals surface area contributed by atoms with Gasteiger partial charge in [-0.25, -0.2) is 12.7 Å². The van der Waals surface area contributed by atoms with E-state index in [4.69, 9.17) is 4.74 Å². The Kier molecular flexibility index (Phi) is 3.84. The fraction of sp³-hybridized carbons (Fsp3) is 1.00. The molecule has 0 aliphatic carbocycles. The Labute approximate surface area is 97.2 Å². The molecule has 0 radical (unpaired) electrons. The molecular weight excluding hydrogens is 228 g/mol. The minimum absolute atomic E-state index is 0.246. The molecule has 5 nitrogen and oxygen atoms in total. The third-order valence-corrected chi connectivity index (χ3v) is 5.30. The summed E-state index contributed by atoms with van der Waals surface area (Å²) in [6, 6.07) is 0.380. The summed E-state index contributed by atoms with van der Waals surface area (Å²) in [6.45, 7) is 4.85. The maximum Gasteiger partial charge on any atom is 0.214 e. The summed E-state index contributed by atoms with van der Waals surface area (Å²) in [7, 11) is -2.93. The molecule has 2 saturated heterocycles. The van der Waals surface area contributed by atoms with Crippen LogP contribution in [0.25, 0.3) is 0 Å². The van der Waals surface area contributed by atoms with Crippen LogP contribution in [-0.2, 0) is 14.8 Å². The van der Waals surface area contributed by atoms with Gasteiger partial charge in [0.25, 0.3) is 0 Å². The van der Waals surface area contributed by atoms with Gasteiger partial charge in [0.2, 0.25) is 10.0 Å². The fourth-order valence-corrected chi connectivity index (χ4v) is 3.85. The quantitative estimate of drug-likeness (QED) is 0.748. The molecule has 2 unspecified atom stereocenters. The van der Waals surface area contributed by atoms with Gasteiger partial charge in [-0.1, -0.05) is 0 Å². The van der Waals surface area contributed by atoms with Gasteiger partial charge in [-0.15, -0.1) is 0 Å². The number of nitrogens with one attached hydrogen (secondary N) is 1. The fourth-order valence-electron chi connectivity index (χ4n) is 2.32. The van der Waals surface area contributed by atoms with Crippen LogP contribution in [0.4, 0.5) is 0 Å². The molecule has 0 aromatic rings. The average Bonchev–Trinajstić information content (AvgIpc) is 2.75. The zero-order chi connectivity index (χ0) is 11.6. The van der Waals surface area contributed by atoms with Crippen LogP contribution < -0.4 is 5.32 Å². The lowest BCUT2D eigenvalue weighted by Crippen LogP contribution is -2.40. The third kappa shape index (κ3) is 2.74. The van der Waals surface area contributed by atoms with Crippen LogP contribution in [0.1, 0.15) is 19.8 Å². The zero-order valence-electron chi connectivity index (χ0n) is 9.68. The highest BCUT2D eigenvalue weighted by molar-refractivity contribution is 7.89. The molecule has 0 aromatic carbocycles. The van der Waals surface area contributed by atoms with Gasteiger partial charge in [-0.05, 0) is 19.8 Å². The van der Waals surface area contributed by atoms with Gasteiger partial charge in [-0.2, -0.15) is 0 Å². The van der Waals surface area contributed by atoms with Crippen molar-refractivity contribution in [1.29, 1.82) is 0 Å². The number of ether oxygens (including phenoxy) is 1. The van der Waals surface area contributed by atoms with E-state index < -0.39 is 10.0 Å². The molecule has 2 heterocycles. The predicted octanol–water partition coefficient (Wildman–Crippen LogP) is -0.211. The van der Waals surface area contributed by atoms with Crippen molar-refractivity contribution < 1.29 is 13.2 Å². The molecule has 2 atom stereocenters. The first-order chi connectivity index (χ1) is 7.59. The van der Waals surface area contributed by atoms with Crippen molar-refractivity contribution >= 4 is 10.0 Å². The first-order valence-corrected chi connectivity index (χ1v) is 7.53. The van der Waals surface area contributed by atoms with E-state index in [1.54, 1.807) is 4.31 Å². The van der Waals surface area contributed by atoms with Crippen LogP contribution >= 0.6 is 0 Å². The molecule has 2 aliphatic heterocycles. The second kappa shape index (κ2) is 5.00. The largest absolute Gasteiger partial charge is 0.377 e. The molecule has 0 spiro atoms. The van der Waals surface area contributed by atoms with E-state index >= 15 is 0 Å². The highest BCUT2D eigenvalue weighted by atomic mass is 32.2. The molecule has 1 N–H and O–H groups in total. The zero-order valence-corrected chi connectivity index (χ0v) is 10.5. The van der Waals surface area contributed by atoms with E-state index in [1.807, 2.05) is 0 Å². The van der Waals surface area contributed by atoms with Crippen molar-refractivity contribution in [3.63, 3.8) is 0 Å². The van der Waals surface area contributed by atoms with Crippen LogP contribution in [-0.4, -0.2) is 56.9 Å². The molecule has 94 valence electrons. The van der Waals surface area contributed by atoms with Crippen LogP contribution in [0.5, 0.6) is 0 Å². The molecule has 16 heavy (non-hydrogen) atoms. The number of rotatable bonds is 4. The smallest absolute Gasteiger partial charge is 0.214 e. The Bertz CT molecular complexity index is 331. The minimum atomic E-state index is -2.93. The molecule has 0 saturated carbocycles. The highest BCUT2D eigenvalue weighted by Gasteiger charge is 2.28. The topological polar surface area (TPSA) is 58.6 Å². The summed E-state index contributed by atoms with van der Waals surface area (Å²) < 4.78 is 30.1. The van der Waals surface area contributed by atoms with E-state index in [1.165, 1.54) is 0 Å². The average molecular weight is 248 g/mol. The monoisotopic (exact) mass is 248 g/mol. The highest BCUT2D eigenvalue weighted by Crippen LogP contribution is 2.14. The van der Waals surface area contributed by atoms with Gasteiger partial charge in [-0.3, -0.25) is 0 Å². The lowest BCUT2D eigenvalue weighted by molar-refractivity contribution is 0.113. The first kappa shape index (κ1) is 12.3. The second-order valence-electron chi connectivity index (χ2n) is 4.49. The van der Waals surface area contributed by atoms with Crippen LogP contribution in [0.2, 0.25) is 0 Å². The van der Waals surface area contributed by atoms with Crippen molar-refractivity contribution in [3.05, 3.63) is 0 Å². The van der Waals surface area contributed by atoms with E-state index in [-0.39, 0.29) is 6.10 Å². The third-order valence-electron chi connectivity index (χ3n) is 3.35. The van der Waals surface area contributed by atoms with E-state index in [0.717, 1.165) is 26.0 Å². The van der Waals surface area contributed by atoms with Gasteiger partial charge in [0.15, 0.2) is 0 Å². The van der Waals surface area contributed by atoms with Crippen molar-refractivity contribution in [1.82, 2.24) is 9.62 Å². The van der Waals surface area contributed by atoms with Crippen LogP contribution in [0.3, 0.4) is 0 Å². The van der Waals surface area contributed by atoms with Crippen molar-refractivity contribution in [2.45, 2.75) is 31.9 Å². The standard InChI is InChI=1S/C10H20N2O3S/c1-9-10(3-7-15-9)11-4-6-12-5-2-8-16(12,13)14/h9-11H,2-8H2,1H3. The number of hydrogen-bond donors (Lipinski definition) is 1. The van der Waals surface area contributed by atoms with Gasteiger partial charge in [0.05, 0.1) is 11.9 Å². The van der Waals surface area contributed by atoms with Crippen molar-refractivity contribution in [2.75, 3.05) is 32.0 Å². The van der Waals surface area contributed by atoms with Crippen molar-refractivity contribution in [2.24, 2.45) is 0 Å². The summed E-state index contributed by atoms with van der Waals surface area (Å²) in [6.07, 6.45) is 2.04. The Morgan fingerprint density at radius 2 is 2.31 bits per heavy atom. The van der Waals surface area contributed by atoms with Gasteiger partial charge in [0, 0.05) is 32.3 Å². The SMILES string of the molecule is CC1OCCC1NCCN1CCCS1(=O)=O. The normalized spacial score (nSPS) is 34.6. The van der Waals surface area contributed by atoms with E-state index in [9.17, 15) is 8.42 Å². The number of hydrogen-bond acceptors (Lipinski definition) is 4. The Balaban J connectivity index is 1.72. The Morgan fingerprint density at radius 3 is 2.88 bits per heavy atom.